The summed E-state index contributed by atoms with van der Waals surface area (Å²) in [6, 6.07) is 0. The highest BCUT2D eigenvalue weighted by Gasteiger charge is 2.58. The standard InChI is InChI=1S/C14H24N9S6/c1-15(2)19-9-10(20(13(19)24)16(3)4)27-23(26-9)28-11-12(29-23)22(18(7)8)14(25)21(11)17(5)6/h1-8H3/q+1. The molecule has 0 atom stereocenters. The van der Waals surface area contributed by atoms with Crippen LogP contribution in [0.2, 0.25) is 0 Å². The third kappa shape index (κ3) is 3.11. The molecule has 0 unspecified atom stereocenters. The second-order valence-corrected chi connectivity index (χ2v) is 13.8. The summed E-state index contributed by atoms with van der Waals surface area (Å²) >= 11 is 18.7. The van der Waals surface area contributed by atoms with Crippen LogP contribution in [0, 0.1) is 9.54 Å². The molecule has 0 saturated heterocycles. The summed E-state index contributed by atoms with van der Waals surface area (Å²) in [6.07, 6.45) is 0. The van der Waals surface area contributed by atoms with Crippen LogP contribution in [0.25, 0.3) is 0 Å². The number of nitrogens with zero attached hydrogens (tertiary/aromatic N) is 9. The molecule has 29 heavy (non-hydrogen) atoms. The minimum atomic E-state index is 0.643. The Kier molecular flexibility index (Phi) is 5.40. The van der Waals surface area contributed by atoms with Gasteiger partial charge in [0.15, 0.2) is 67.9 Å². The molecular weight excluding hydrogens is 487 g/mol. The summed E-state index contributed by atoms with van der Waals surface area (Å²) < 4.78 is 10.6. The Labute approximate surface area is 198 Å². The molecule has 2 aliphatic rings. The molecule has 0 fully saturated rings. The van der Waals surface area contributed by atoms with E-state index in [0.717, 1.165) is 29.6 Å². The molecule has 0 radical (unpaired) electrons. The zero-order chi connectivity index (χ0) is 21.4. The fraction of sp³-hybridized carbons (Fsp3) is 0.571. The zero-order valence-corrected chi connectivity index (χ0v) is 22.4. The predicted octanol–water partition coefficient (Wildman–Crippen LogP) is 2.71. The van der Waals surface area contributed by atoms with E-state index in [0.29, 0.717) is 2.10 Å². The van der Waals surface area contributed by atoms with E-state index in [2.05, 4.69) is 18.7 Å². The van der Waals surface area contributed by atoms with Gasteiger partial charge in [0.05, 0.1) is 0 Å². The monoisotopic (exact) mass is 510 g/mol. The molecule has 4 heterocycles. The van der Waals surface area contributed by atoms with Gasteiger partial charge in [-0.2, -0.15) is 0 Å². The number of quaternary nitrogens is 1. The third-order valence-corrected chi connectivity index (χ3v) is 10.9. The molecule has 0 bridgehead atoms. The van der Waals surface area contributed by atoms with Gasteiger partial charge in [-0.25, -0.2) is 18.7 Å². The molecule has 0 aromatic carbocycles. The molecule has 4 rings (SSSR count). The molecule has 0 saturated carbocycles. The SMILES string of the molecule is CN(C)n1c2c(n(N(C)C)c1=S)S[N+]1(S2)Sc2c(n(N(C)C)c(=S)n2N(C)C)S1. The molecule has 2 aromatic rings. The Bertz CT molecular complexity index is 922. The molecule has 0 N–H and O–H groups in total. The van der Waals surface area contributed by atoms with Gasteiger partial charge in [0.1, 0.15) is 0 Å². The van der Waals surface area contributed by atoms with Crippen molar-refractivity contribution in [3.05, 3.63) is 9.54 Å². The van der Waals surface area contributed by atoms with E-state index in [9.17, 15) is 0 Å². The lowest BCUT2D eigenvalue weighted by atomic mass is 10.9. The lowest BCUT2D eigenvalue weighted by molar-refractivity contribution is -0.268. The van der Waals surface area contributed by atoms with Crippen molar-refractivity contribution in [2.75, 3.05) is 76.4 Å². The Morgan fingerprint density at radius 1 is 0.517 bits per heavy atom. The number of imidazole rings is 2. The first-order valence-electron chi connectivity index (χ1n) is 8.62. The molecule has 1 spiro atoms. The van der Waals surface area contributed by atoms with E-state index in [4.69, 9.17) is 24.4 Å². The van der Waals surface area contributed by atoms with Gasteiger partial charge >= 0.3 is 0 Å². The van der Waals surface area contributed by atoms with Crippen LogP contribution in [-0.4, -0.2) is 77.2 Å². The van der Waals surface area contributed by atoms with Gasteiger partial charge in [-0.05, 0) is 24.4 Å². The van der Waals surface area contributed by atoms with Crippen LogP contribution in [0.1, 0.15) is 0 Å². The van der Waals surface area contributed by atoms with Gasteiger partial charge in [-0.1, -0.05) is 2.10 Å². The summed E-state index contributed by atoms with van der Waals surface area (Å²) in [5.74, 6) is 0. The second kappa shape index (κ2) is 7.24. The normalized spacial score (nSPS) is 16.3. The van der Waals surface area contributed by atoms with Crippen LogP contribution in [0.4, 0.5) is 0 Å². The first-order valence-corrected chi connectivity index (χ1v) is 12.5. The number of rotatable bonds is 4. The maximum Gasteiger partial charge on any atom is 0.220 e. The third-order valence-electron chi connectivity index (χ3n) is 4.25. The predicted molar refractivity (Wildman–Crippen MR) is 130 cm³/mol. The molecule has 160 valence electrons. The van der Waals surface area contributed by atoms with Gasteiger partial charge in [-0.3, -0.25) is 0 Å². The van der Waals surface area contributed by atoms with E-state index >= 15 is 0 Å². The maximum atomic E-state index is 5.76. The second-order valence-electron chi connectivity index (χ2n) is 7.23. The largest absolute Gasteiger partial charge is 0.316 e. The topological polar surface area (TPSA) is 32.7 Å². The van der Waals surface area contributed by atoms with Gasteiger partial charge in [0.25, 0.3) is 0 Å². The highest BCUT2D eigenvalue weighted by atomic mass is 32.3. The summed E-state index contributed by atoms with van der Waals surface area (Å²) in [4.78, 5) is 0. The average Bonchev–Trinajstić information content (AvgIpc) is 3.22. The van der Waals surface area contributed by atoms with Crippen LogP contribution < -0.4 is 20.0 Å². The fourth-order valence-corrected chi connectivity index (χ4v) is 11.1. The highest BCUT2D eigenvalue weighted by Crippen LogP contribution is 2.71. The average molecular weight is 511 g/mol. The molecule has 2 aromatic heterocycles. The van der Waals surface area contributed by atoms with Gasteiger partial charge < -0.3 is 20.0 Å². The molecule has 0 aliphatic carbocycles. The summed E-state index contributed by atoms with van der Waals surface area (Å²) in [7, 11) is 16.2. The van der Waals surface area contributed by atoms with E-state index in [1.807, 2.05) is 76.4 Å². The summed E-state index contributed by atoms with van der Waals surface area (Å²) in [5, 5.41) is 12.7. The number of aromatic nitrogens is 4. The summed E-state index contributed by atoms with van der Waals surface area (Å²) in [5.41, 5.74) is 0. The van der Waals surface area contributed by atoms with E-state index in [1.54, 1.807) is 47.8 Å². The van der Waals surface area contributed by atoms with Crippen molar-refractivity contribution in [2.24, 2.45) is 0 Å². The quantitative estimate of drug-likeness (QED) is 0.348. The Morgan fingerprint density at radius 3 is 0.897 bits per heavy atom. The molecule has 15 heteroatoms. The van der Waals surface area contributed by atoms with Gasteiger partial charge in [0.2, 0.25) is 9.54 Å². The van der Waals surface area contributed by atoms with Crippen molar-refractivity contribution in [1.82, 2.24) is 18.7 Å². The molecule has 0 amide bonds. The van der Waals surface area contributed by atoms with Crippen molar-refractivity contribution < 1.29 is 2.10 Å². The first kappa shape index (κ1) is 21.6. The lowest BCUT2D eigenvalue weighted by Gasteiger charge is -2.23. The fourth-order valence-electron chi connectivity index (χ4n) is 3.15. The minimum absolute atomic E-state index is 0.643. The highest BCUT2D eigenvalue weighted by molar-refractivity contribution is 8.31. The van der Waals surface area contributed by atoms with Crippen LogP contribution in [0.3, 0.4) is 0 Å². The van der Waals surface area contributed by atoms with Crippen molar-refractivity contribution in [2.45, 2.75) is 20.1 Å². The molecular formula is C14H24N9S6+. The van der Waals surface area contributed by atoms with Crippen LogP contribution in [-0.2, 0) is 0 Å². The van der Waals surface area contributed by atoms with Crippen LogP contribution >= 0.6 is 72.2 Å². The van der Waals surface area contributed by atoms with E-state index in [-0.39, 0.29) is 0 Å². The number of hydrogen-bond donors (Lipinski definition) is 0. The Balaban J connectivity index is 1.82. The lowest BCUT2D eigenvalue weighted by Crippen LogP contribution is -2.31. The number of hydrogen-bond acceptors (Lipinski definition) is 10. The summed E-state index contributed by atoms with van der Waals surface area (Å²) in [6.45, 7) is 0. The zero-order valence-electron chi connectivity index (χ0n) is 17.5. The van der Waals surface area contributed by atoms with Crippen molar-refractivity contribution in [3.63, 3.8) is 0 Å². The van der Waals surface area contributed by atoms with E-state index in [1.165, 1.54) is 0 Å². The Morgan fingerprint density at radius 2 is 0.724 bits per heavy atom. The van der Waals surface area contributed by atoms with Crippen molar-refractivity contribution in [1.29, 1.82) is 0 Å². The number of fused-ring (bicyclic) bond motifs is 2. The smallest absolute Gasteiger partial charge is 0.220 e. The van der Waals surface area contributed by atoms with E-state index < -0.39 is 0 Å². The van der Waals surface area contributed by atoms with Crippen LogP contribution in [0.15, 0.2) is 20.1 Å². The van der Waals surface area contributed by atoms with Crippen LogP contribution in [0.5, 0.6) is 0 Å². The first-order chi connectivity index (χ1) is 13.5. The Hall–Kier alpha value is -0.580. The van der Waals surface area contributed by atoms with Crippen molar-refractivity contribution in [3.8, 4) is 0 Å². The minimum Gasteiger partial charge on any atom is -0.316 e. The van der Waals surface area contributed by atoms with Crippen molar-refractivity contribution >= 4 is 72.2 Å². The van der Waals surface area contributed by atoms with Gasteiger partial charge in [-0.15, -0.1) is 0 Å². The maximum absolute atomic E-state index is 5.76. The van der Waals surface area contributed by atoms with Gasteiger partial charge in [0, 0.05) is 56.4 Å². The molecule has 9 nitrogen and oxygen atoms in total. The molecule has 2 aliphatic heterocycles.